The number of fused-ring (bicyclic) bond motifs is 1. The van der Waals surface area contributed by atoms with E-state index in [0.29, 0.717) is 28.8 Å². The van der Waals surface area contributed by atoms with E-state index in [4.69, 9.17) is 30.5 Å². The number of aromatic nitrogens is 2. The van der Waals surface area contributed by atoms with Crippen LogP contribution in [0.4, 0.5) is 5.69 Å². The fraction of sp³-hybridized carbons (Fsp3) is 0.350. The van der Waals surface area contributed by atoms with Gasteiger partial charge in [0.2, 0.25) is 0 Å². The highest BCUT2D eigenvalue weighted by molar-refractivity contribution is 6.29. The number of carbonyl (C=O) groups is 4. The molecule has 2 aliphatic carbocycles. The summed E-state index contributed by atoms with van der Waals surface area (Å²) in [7, 11) is 0. The van der Waals surface area contributed by atoms with Crippen molar-refractivity contribution in [2.45, 2.75) is 69.1 Å². The van der Waals surface area contributed by atoms with E-state index in [1.54, 1.807) is 97.1 Å². The minimum Gasteiger partial charge on any atom is -0.459 e. The lowest BCUT2D eigenvalue weighted by Crippen LogP contribution is -2.46. The molecule has 2 N–H and O–H groups in total. The molecule has 0 spiro atoms. The average molecular weight is 739 g/mol. The first-order chi connectivity index (χ1) is 25.8. The zero-order valence-corrected chi connectivity index (χ0v) is 29.5. The topological polar surface area (TPSA) is 155 Å². The molecule has 3 aromatic carbocycles. The Kier molecular flexibility index (Phi) is 11.3. The fourth-order valence-electron chi connectivity index (χ4n) is 7.55. The number of nitrogens with one attached hydrogen (secondary N) is 2. The number of anilines is 1. The van der Waals surface area contributed by atoms with E-state index in [1.165, 1.54) is 25.7 Å². The van der Waals surface area contributed by atoms with Crippen molar-refractivity contribution in [3.63, 3.8) is 0 Å². The quantitative estimate of drug-likeness (QED) is 0.134. The van der Waals surface area contributed by atoms with Gasteiger partial charge in [-0.05, 0) is 67.5 Å². The molecule has 3 fully saturated rings. The Morgan fingerprint density at radius 3 is 1.98 bits per heavy atom. The maximum Gasteiger partial charge on any atom is 0.338 e. The summed E-state index contributed by atoms with van der Waals surface area (Å²) in [5, 5.41) is 15.0. The standard InChI is InChI=1S/C40H39ClN4O8/c41-33-21-30(43-29-20-19-24-17-10-18-28(24)29)31(44-45-33)22-42-37(46)36-35(53-40(49)27-15-8-3-9-16-27)34(52-39(48)26-13-6-2-7-14-26)32(51-36)23-50-38(47)25-11-4-1-5-12-25/h1-9,11-16,21,24,28-29,32,34-36H,10,17-20,22-23H2,(H,42,46)(H,43,45)/t24?,28?,29?,32-,34-,35-,36-/m1/s1. The number of esters is 3. The summed E-state index contributed by atoms with van der Waals surface area (Å²) in [4.78, 5) is 53.9. The predicted octanol–water partition coefficient (Wildman–Crippen LogP) is 5.81. The van der Waals surface area contributed by atoms with Crippen LogP contribution in [0.1, 0.15) is 68.9 Å². The number of nitrogens with zero attached hydrogens (tertiary/aromatic N) is 2. The van der Waals surface area contributed by atoms with Crippen LogP contribution in [-0.2, 0) is 30.3 Å². The lowest BCUT2D eigenvalue weighted by molar-refractivity contribution is -0.136. The first kappa shape index (κ1) is 36.0. The highest BCUT2D eigenvalue weighted by Gasteiger charge is 2.53. The van der Waals surface area contributed by atoms with E-state index in [9.17, 15) is 19.2 Å². The molecule has 0 bridgehead atoms. The lowest BCUT2D eigenvalue weighted by Gasteiger charge is -2.24. The Bertz CT molecular complexity index is 1920. The third kappa shape index (κ3) is 8.50. The van der Waals surface area contributed by atoms with Gasteiger partial charge in [0.05, 0.1) is 28.9 Å². The SMILES string of the molecule is O=C(OC[C@H]1O[C@@H](C(=O)NCc2nnc(Cl)cc2NC2CCC3CCCC32)[C@H](OC(=O)c2ccccc2)[C@@H]1OC(=O)c1ccccc1)c1ccccc1. The van der Waals surface area contributed by atoms with E-state index in [0.717, 1.165) is 6.42 Å². The largest absolute Gasteiger partial charge is 0.459 e. The van der Waals surface area contributed by atoms with Crippen LogP contribution in [0.25, 0.3) is 0 Å². The van der Waals surface area contributed by atoms with E-state index in [2.05, 4.69) is 20.8 Å². The summed E-state index contributed by atoms with van der Waals surface area (Å²) < 4.78 is 23.6. The monoisotopic (exact) mass is 738 g/mol. The van der Waals surface area contributed by atoms with Crippen LogP contribution in [0.5, 0.6) is 0 Å². The number of hydrogen-bond donors (Lipinski definition) is 2. The summed E-state index contributed by atoms with van der Waals surface area (Å²) in [6.07, 6.45) is 0.401. The molecular formula is C40H39ClN4O8. The molecule has 7 atom stereocenters. The van der Waals surface area contributed by atoms with Gasteiger partial charge in [-0.15, -0.1) is 5.10 Å². The molecule has 3 unspecified atom stereocenters. The van der Waals surface area contributed by atoms with Gasteiger partial charge in [0.15, 0.2) is 23.5 Å². The Labute approximate surface area is 311 Å². The smallest absolute Gasteiger partial charge is 0.338 e. The molecule has 1 amide bonds. The Balaban J connectivity index is 1.13. The van der Waals surface area contributed by atoms with Gasteiger partial charge in [0.1, 0.15) is 18.4 Å². The van der Waals surface area contributed by atoms with Gasteiger partial charge >= 0.3 is 17.9 Å². The van der Waals surface area contributed by atoms with Crippen molar-refractivity contribution in [3.8, 4) is 0 Å². The maximum absolute atomic E-state index is 14.1. The van der Waals surface area contributed by atoms with Crippen molar-refractivity contribution in [3.05, 3.63) is 125 Å². The van der Waals surface area contributed by atoms with Crippen molar-refractivity contribution in [1.29, 1.82) is 0 Å². The van der Waals surface area contributed by atoms with Crippen LogP contribution in [0.15, 0.2) is 97.1 Å². The van der Waals surface area contributed by atoms with E-state index in [1.807, 2.05) is 0 Å². The minimum absolute atomic E-state index is 0.0620. The first-order valence-electron chi connectivity index (χ1n) is 17.8. The summed E-state index contributed by atoms with van der Waals surface area (Å²) in [6, 6.07) is 26.7. The summed E-state index contributed by atoms with van der Waals surface area (Å²) in [6.45, 7) is -0.475. The average Bonchev–Trinajstić information content (AvgIpc) is 3.91. The molecule has 1 aliphatic heterocycles. The second-order valence-electron chi connectivity index (χ2n) is 13.5. The molecule has 13 heteroatoms. The molecule has 7 rings (SSSR count). The molecule has 1 aromatic heterocycles. The predicted molar refractivity (Wildman–Crippen MR) is 193 cm³/mol. The molecule has 4 aromatic rings. The van der Waals surface area contributed by atoms with Gasteiger partial charge in [-0.25, -0.2) is 14.4 Å². The molecular weight excluding hydrogens is 700 g/mol. The number of hydrogen-bond acceptors (Lipinski definition) is 11. The first-order valence-corrected chi connectivity index (χ1v) is 18.2. The van der Waals surface area contributed by atoms with Gasteiger partial charge in [0, 0.05) is 12.1 Å². The third-order valence-electron chi connectivity index (χ3n) is 10.2. The van der Waals surface area contributed by atoms with Crippen LogP contribution >= 0.6 is 11.6 Å². The van der Waals surface area contributed by atoms with E-state index >= 15 is 0 Å². The Morgan fingerprint density at radius 2 is 1.34 bits per heavy atom. The van der Waals surface area contributed by atoms with Crippen LogP contribution < -0.4 is 10.6 Å². The summed E-state index contributed by atoms with van der Waals surface area (Å²) in [5.74, 6) is -1.56. The number of ether oxygens (including phenoxy) is 4. The Hall–Kier alpha value is -5.33. The minimum atomic E-state index is -1.47. The molecule has 12 nitrogen and oxygen atoms in total. The van der Waals surface area contributed by atoms with E-state index in [-0.39, 0.29) is 28.9 Å². The molecule has 274 valence electrons. The summed E-state index contributed by atoms with van der Waals surface area (Å²) >= 11 is 6.26. The number of rotatable bonds is 12. The molecule has 53 heavy (non-hydrogen) atoms. The molecule has 0 radical (unpaired) electrons. The van der Waals surface area contributed by atoms with Crippen molar-refractivity contribution in [1.82, 2.24) is 15.5 Å². The molecule has 1 saturated heterocycles. The normalized spacial score (nSPS) is 24.5. The zero-order chi connectivity index (χ0) is 36.7. The molecule has 2 heterocycles. The Morgan fingerprint density at radius 1 is 0.736 bits per heavy atom. The van der Waals surface area contributed by atoms with Crippen LogP contribution in [-0.4, -0.2) is 71.1 Å². The van der Waals surface area contributed by atoms with Crippen molar-refractivity contribution in [2.75, 3.05) is 11.9 Å². The van der Waals surface area contributed by atoms with Crippen molar-refractivity contribution in [2.24, 2.45) is 11.8 Å². The highest BCUT2D eigenvalue weighted by Crippen LogP contribution is 2.45. The lowest BCUT2D eigenvalue weighted by atomic mass is 9.97. The second-order valence-corrected chi connectivity index (χ2v) is 13.8. The number of halogens is 1. The second kappa shape index (κ2) is 16.6. The number of carbonyl (C=O) groups excluding carboxylic acids is 4. The van der Waals surface area contributed by atoms with Crippen molar-refractivity contribution < 1.29 is 38.1 Å². The molecule has 3 aliphatic rings. The maximum atomic E-state index is 14.1. The fourth-order valence-corrected chi connectivity index (χ4v) is 7.70. The zero-order valence-electron chi connectivity index (χ0n) is 28.8. The van der Waals surface area contributed by atoms with Gasteiger partial charge in [-0.3, -0.25) is 4.79 Å². The van der Waals surface area contributed by atoms with Crippen LogP contribution in [0, 0.1) is 11.8 Å². The van der Waals surface area contributed by atoms with Gasteiger partial charge in [0.25, 0.3) is 5.91 Å². The van der Waals surface area contributed by atoms with Crippen molar-refractivity contribution >= 4 is 41.1 Å². The van der Waals surface area contributed by atoms with Gasteiger partial charge < -0.3 is 29.6 Å². The van der Waals surface area contributed by atoms with Crippen LogP contribution in [0.2, 0.25) is 5.15 Å². The molecule has 2 saturated carbocycles. The summed E-state index contributed by atoms with van der Waals surface area (Å²) in [5.41, 5.74) is 1.85. The van der Waals surface area contributed by atoms with Gasteiger partial charge in [-0.2, -0.15) is 5.10 Å². The van der Waals surface area contributed by atoms with Gasteiger partial charge in [-0.1, -0.05) is 79.0 Å². The highest BCUT2D eigenvalue weighted by atomic mass is 35.5. The van der Waals surface area contributed by atoms with Crippen LogP contribution in [0.3, 0.4) is 0 Å². The van der Waals surface area contributed by atoms with E-state index < -0.39 is 54.8 Å². The number of amides is 1. The number of benzene rings is 3. The third-order valence-corrected chi connectivity index (χ3v) is 10.3.